The normalized spacial score (nSPS) is 15.5. The second kappa shape index (κ2) is 6.49. The van der Waals surface area contributed by atoms with Crippen molar-refractivity contribution in [3.8, 4) is 0 Å². The molecule has 0 amide bonds. The monoisotopic (exact) mass is 295 g/mol. The van der Waals surface area contributed by atoms with Gasteiger partial charge >= 0.3 is 6.18 Å². The predicted octanol–water partition coefficient (Wildman–Crippen LogP) is 2.33. The van der Waals surface area contributed by atoms with Gasteiger partial charge < -0.3 is 5.11 Å². The highest BCUT2D eigenvalue weighted by Gasteiger charge is 2.30. The van der Waals surface area contributed by atoms with Crippen molar-refractivity contribution in [2.45, 2.75) is 31.0 Å². The van der Waals surface area contributed by atoms with E-state index < -0.39 is 22.7 Å². The minimum atomic E-state index is -4.40. The van der Waals surface area contributed by atoms with Crippen LogP contribution in [0.25, 0.3) is 0 Å². The lowest BCUT2D eigenvalue weighted by atomic mass is 10.1. The average molecular weight is 295 g/mol. The molecule has 7 heteroatoms. The minimum Gasteiger partial charge on any atom is -0.395 e. The molecule has 19 heavy (non-hydrogen) atoms. The fourth-order valence-electron chi connectivity index (χ4n) is 1.36. The van der Waals surface area contributed by atoms with E-state index in [1.165, 1.54) is 12.1 Å². The van der Waals surface area contributed by atoms with Gasteiger partial charge in [0.1, 0.15) is 11.0 Å². The smallest absolute Gasteiger partial charge is 0.395 e. The molecule has 0 radical (unpaired) electrons. The molecule has 0 saturated carbocycles. The van der Waals surface area contributed by atoms with Crippen LogP contribution in [0.2, 0.25) is 0 Å². The Labute approximate surface area is 112 Å². The third-order valence-electron chi connectivity index (χ3n) is 2.66. The Morgan fingerprint density at radius 1 is 1.26 bits per heavy atom. The Morgan fingerprint density at radius 3 is 2.16 bits per heavy atom. The lowest BCUT2D eigenvalue weighted by molar-refractivity contribution is -0.137. The molecule has 0 bridgehead atoms. The van der Waals surface area contributed by atoms with Crippen LogP contribution < -0.4 is 4.72 Å². The zero-order valence-electron chi connectivity index (χ0n) is 10.6. The van der Waals surface area contributed by atoms with Crippen molar-refractivity contribution < 1.29 is 22.5 Å². The molecule has 2 atom stereocenters. The summed E-state index contributed by atoms with van der Waals surface area (Å²) in [5.41, 5.74) is -0.782. The maximum atomic E-state index is 12.4. The number of alkyl halides is 3. The van der Waals surface area contributed by atoms with Gasteiger partial charge in [0.25, 0.3) is 0 Å². The lowest BCUT2D eigenvalue weighted by Gasteiger charge is -2.19. The second-order valence-corrected chi connectivity index (χ2v) is 5.69. The van der Waals surface area contributed by atoms with E-state index in [-0.39, 0.29) is 23.5 Å². The zero-order valence-corrected chi connectivity index (χ0v) is 11.4. The first kappa shape index (κ1) is 16.1. The molecule has 1 rings (SSSR count). The minimum absolute atomic E-state index is 0.0587. The van der Waals surface area contributed by atoms with Gasteiger partial charge in [0.2, 0.25) is 0 Å². The van der Waals surface area contributed by atoms with Gasteiger partial charge in [-0.25, -0.2) is 8.93 Å². The van der Waals surface area contributed by atoms with Gasteiger partial charge in [0.15, 0.2) is 0 Å². The Bertz CT molecular complexity index is 432. The number of rotatable bonds is 5. The molecule has 1 aromatic rings. The van der Waals surface area contributed by atoms with Crippen molar-refractivity contribution in [1.29, 1.82) is 0 Å². The van der Waals surface area contributed by atoms with Gasteiger partial charge in [0, 0.05) is 6.04 Å². The summed E-state index contributed by atoms with van der Waals surface area (Å²) >= 11 is 0. The lowest BCUT2D eigenvalue weighted by Crippen LogP contribution is -2.38. The fourth-order valence-corrected chi connectivity index (χ4v) is 2.50. The van der Waals surface area contributed by atoms with Crippen LogP contribution in [-0.2, 0) is 17.2 Å². The zero-order chi connectivity index (χ0) is 14.6. The highest BCUT2D eigenvalue weighted by atomic mass is 32.2. The molecule has 108 valence electrons. The predicted molar refractivity (Wildman–Crippen MR) is 66.7 cm³/mol. The molecule has 0 aliphatic heterocycles. The fraction of sp³-hybridized carbons (Fsp3) is 0.500. The van der Waals surface area contributed by atoms with Crippen LogP contribution in [0.4, 0.5) is 13.2 Å². The molecule has 1 unspecified atom stereocenters. The Balaban J connectivity index is 2.78. The number of hydrogen-bond donors (Lipinski definition) is 2. The quantitative estimate of drug-likeness (QED) is 0.876. The van der Waals surface area contributed by atoms with Crippen molar-refractivity contribution in [1.82, 2.24) is 4.72 Å². The van der Waals surface area contributed by atoms with Crippen LogP contribution in [0.3, 0.4) is 0 Å². The van der Waals surface area contributed by atoms with E-state index in [0.29, 0.717) is 0 Å². The van der Waals surface area contributed by atoms with Crippen LogP contribution in [0.1, 0.15) is 19.4 Å². The van der Waals surface area contributed by atoms with Crippen LogP contribution in [-0.4, -0.2) is 22.0 Å². The third-order valence-corrected chi connectivity index (χ3v) is 3.87. The topological polar surface area (TPSA) is 49.3 Å². The standard InChI is InChI=1S/C12H16F3NO2S/c1-8(2)11(7-17)16-19(18)10-5-3-9(4-6-10)12(13,14)15/h3-6,8,11,16-17H,7H2,1-2H3/t11-,19?/m0/s1. The first-order chi connectivity index (χ1) is 8.75. The number of aliphatic hydroxyl groups excluding tert-OH is 1. The third kappa shape index (κ3) is 4.59. The maximum Gasteiger partial charge on any atom is 0.416 e. The summed E-state index contributed by atoms with van der Waals surface area (Å²) in [6.45, 7) is 3.50. The van der Waals surface area contributed by atoms with E-state index in [1.807, 2.05) is 13.8 Å². The molecule has 0 fully saturated rings. The average Bonchev–Trinajstić information content (AvgIpc) is 2.34. The summed E-state index contributed by atoms with van der Waals surface area (Å²) in [5, 5.41) is 9.10. The molecule has 3 nitrogen and oxygen atoms in total. The number of halogens is 3. The molecule has 0 aliphatic rings. The molecular formula is C12H16F3NO2S. The van der Waals surface area contributed by atoms with E-state index in [0.717, 1.165) is 12.1 Å². The van der Waals surface area contributed by atoms with E-state index in [9.17, 15) is 17.4 Å². The SMILES string of the molecule is CC(C)[C@H](CO)NS(=O)c1ccc(C(F)(F)F)cc1. The van der Waals surface area contributed by atoms with E-state index in [2.05, 4.69) is 4.72 Å². The number of nitrogens with one attached hydrogen (secondary N) is 1. The first-order valence-electron chi connectivity index (χ1n) is 5.71. The molecule has 0 spiro atoms. The summed E-state index contributed by atoms with van der Waals surface area (Å²) in [4.78, 5) is 0.243. The molecule has 1 aromatic carbocycles. The molecule has 2 N–H and O–H groups in total. The molecule has 0 aromatic heterocycles. The number of hydrogen-bond acceptors (Lipinski definition) is 2. The summed E-state index contributed by atoms with van der Waals surface area (Å²) < 4.78 is 51.7. The molecule has 0 saturated heterocycles. The van der Waals surface area contributed by atoms with E-state index in [1.54, 1.807) is 0 Å². The van der Waals surface area contributed by atoms with Crippen molar-refractivity contribution >= 4 is 11.0 Å². The van der Waals surface area contributed by atoms with Gasteiger partial charge in [-0.2, -0.15) is 13.2 Å². The molecule has 0 aliphatic carbocycles. The van der Waals surface area contributed by atoms with Crippen LogP contribution >= 0.6 is 0 Å². The Hall–Kier alpha value is -0.920. The van der Waals surface area contributed by atoms with Gasteiger partial charge in [-0.3, -0.25) is 0 Å². The van der Waals surface area contributed by atoms with Crippen LogP contribution in [0.15, 0.2) is 29.2 Å². The molecular weight excluding hydrogens is 279 g/mol. The second-order valence-electron chi connectivity index (χ2n) is 4.44. The highest BCUT2D eigenvalue weighted by molar-refractivity contribution is 7.83. The van der Waals surface area contributed by atoms with Crippen LogP contribution in [0.5, 0.6) is 0 Å². The molecule has 0 heterocycles. The van der Waals surface area contributed by atoms with Crippen molar-refractivity contribution in [3.05, 3.63) is 29.8 Å². The van der Waals surface area contributed by atoms with Crippen molar-refractivity contribution in [3.63, 3.8) is 0 Å². The summed E-state index contributed by atoms with van der Waals surface area (Å²) in [5.74, 6) is 0.0587. The van der Waals surface area contributed by atoms with E-state index in [4.69, 9.17) is 5.11 Å². The summed E-state index contributed by atoms with van der Waals surface area (Å²) in [6.07, 6.45) is -4.40. The van der Waals surface area contributed by atoms with Gasteiger partial charge in [-0.05, 0) is 30.2 Å². The van der Waals surface area contributed by atoms with Crippen LogP contribution in [0, 0.1) is 5.92 Å². The highest BCUT2D eigenvalue weighted by Crippen LogP contribution is 2.29. The largest absolute Gasteiger partial charge is 0.416 e. The van der Waals surface area contributed by atoms with Gasteiger partial charge in [-0.1, -0.05) is 13.8 Å². The summed E-state index contributed by atoms with van der Waals surface area (Å²) in [7, 11) is -1.65. The van der Waals surface area contributed by atoms with Gasteiger partial charge in [-0.15, -0.1) is 0 Å². The maximum absolute atomic E-state index is 12.4. The van der Waals surface area contributed by atoms with Gasteiger partial charge in [0.05, 0.1) is 17.1 Å². The van der Waals surface area contributed by atoms with Crippen molar-refractivity contribution in [2.24, 2.45) is 5.92 Å². The summed E-state index contributed by atoms with van der Waals surface area (Å²) in [6, 6.07) is 3.74. The Morgan fingerprint density at radius 2 is 1.79 bits per heavy atom. The van der Waals surface area contributed by atoms with Crippen molar-refractivity contribution in [2.75, 3.05) is 6.61 Å². The first-order valence-corrected chi connectivity index (χ1v) is 6.86. The number of benzene rings is 1. The number of aliphatic hydroxyl groups is 1. The Kier molecular flexibility index (Phi) is 5.51. The van der Waals surface area contributed by atoms with E-state index >= 15 is 0 Å².